The van der Waals surface area contributed by atoms with Gasteiger partial charge in [-0.05, 0) is 43.2 Å². The van der Waals surface area contributed by atoms with E-state index in [0.717, 1.165) is 15.8 Å². The van der Waals surface area contributed by atoms with Crippen LogP contribution in [0.25, 0.3) is 10.2 Å². The van der Waals surface area contributed by atoms with Crippen LogP contribution < -0.4 is 14.3 Å². The third-order valence-corrected chi connectivity index (χ3v) is 5.45. The van der Waals surface area contributed by atoms with Crippen LogP contribution in [0.1, 0.15) is 21.5 Å². The first-order valence-corrected chi connectivity index (χ1v) is 9.70. The topological polar surface area (TPSA) is 62.1 Å². The van der Waals surface area contributed by atoms with Crippen molar-refractivity contribution in [3.8, 4) is 11.5 Å². The molecule has 6 nitrogen and oxygen atoms in total. The lowest BCUT2D eigenvalue weighted by atomic mass is 10.1. The van der Waals surface area contributed by atoms with Crippen molar-refractivity contribution >= 4 is 27.5 Å². The van der Waals surface area contributed by atoms with E-state index in [9.17, 15) is 4.79 Å². The van der Waals surface area contributed by atoms with Gasteiger partial charge in [-0.15, -0.1) is 0 Å². The van der Waals surface area contributed by atoms with E-state index in [1.807, 2.05) is 4.57 Å². The zero-order valence-corrected chi connectivity index (χ0v) is 17.6. The monoisotopic (exact) mass is 400 g/mol. The fraction of sp³-hybridized carbons (Fsp3) is 0.333. The quantitative estimate of drug-likeness (QED) is 0.633. The van der Waals surface area contributed by atoms with Crippen LogP contribution in [0, 0.1) is 13.8 Å². The molecule has 2 aromatic carbocycles. The van der Waals surface area contributed by atoms with Crippen molar-refractivity contribution in [1.82, 2.24) is 4.57 Å². The fourth-order valence-corrected chi connectivity index (χ4v) is 4.38. The molecule has 3 rings (SSSR count). The number of benzene rings is 2. The summed E-state index contributed by atoms with van der Waals surface area (Å²) in [4.78, 5) is 18.0. The summed E-state index contributed by atoms with van der Waals surface area (Å²) in [5.74, 6) is 0.755. The number of rotatable bonds is 6. The standard InChI is InChI=1S/C21H24N2O4S/c1-13-8-14(2)19-18(9-13)28-21(23(19)6-7-25-3)22-20(24)15-10-16(26-4)12-17(11-15)27-5/h8-12H,6-7H2,1-5H3. The molecule has 1 heterocycles. The summed E-state index contributed by atoms with van der Waals surface area (Å²) < 4.78 is 18.9. The Kier molecular flexibility index (Phi) is 6.16. The molecule has 0 radical (unpaired) electrons. The van der Waals surface area contributed by atoms with Crippen molar-refractivity contribution in [3.63, 3.8) is 0 Å². The smallest absolute Gasteiger partial charge is 0.279 e. The highest BCUT2D eigenvalue weighted by atomic mass is 32.1. The summed E-state index contributed by atoms with van der Waals surface area (Å²) in [6, 6.07) is 9.31. The van der Waals surface area contributed by atoms with Gasteiger partial charge < -0.3 is 18.8 Å². The molecule has 0 unspecified atom stereocenters. The van der Waals surface area contributed by atoms with Gasteiger partial charge >= 0.3 is 0 Å². The van der Waals surface area contributed by atoms with Gasteiger partial charge in [-0.3, -0.25) is 4.79 Å². The normalized spacial score (nSPS) is 11.8. The lowest BCUT2D eigenvalue weighted by Crippen LogP contribution is -2.19. The molecule has 1 amide bonds. The largest absolute Gasteiger partial charge is 0.497 e. The highest BCUT2D eigenvalue weighted by molar-refractivity contribution is 7.16. The van der Waals surface area contributed by atoms with E-state index in [4.69, 9.17) is 14.2 Å². The number of aryl methyl sites for hydroxylation is 2. The van der Waals surface area contributed by atoms with Gasteiger partial charge in [0.1, 0.15) is 11.5 Å². The minimum absolute atomic E-state index is 0.343. The number of amides is 1. The second-order valence-corrected chi connectivity index (χ2v) is 7.49. The Balaban J connectivity index is 2.15. The highest BCUT2D eigenvalue weighted by Crippen LogP contribution is 2.25. The SMILES string of the molecule is COCCn1c(=NC(=O)c2cc(OC)cc(OC)c2)sc2cc(C)cc(C)c21. The molecule has 7 heteroatoms. The molecule has 0 saturated carbocycles. The van der Waals surface area contributed by atoms with Crippen LogP contribution in [-0.2, 0) is 11.3 Å². The van der Waals surface area contributed by atoms with Gasteiger partial charge in [-0.2, -0.15) is 4.99 Å². The van der Waals surface area contributed by atoms with Crippen LogP contribution in [0.4, 0.5) is 0 Å². The first-order chi connectivity index (χ1) is 13.5. The van der Waals surface area contributed by atoms with Crippen LogP contribution in [-0.4, -0.2) is 38.4 Å². The first-order valence-electron chi connectivity index (χ1n) is 8.88. The maximum absolute atomic E-state index is 12.9. The first kappa shape index (κ1) is 20.1. The summed E-state index contributed by atoms with van der Waals surface area (Å²) in [6.45, 7) is 5.29. The molecular weight excluding hydrogens is 376 g/mol. The second-order valence-electron chi connectivity index (χ2n) is 6.48. The molecule has 0 spiro atoms. The summed E-state index contributed by atoms with van der Waals surface area (Å²) in [7, 11) is 4.77. The van der Waals surface area contributed by atoms with Crippen molar-refractivity contribution in [2.75, 3.05) is 27.9 Å². The Morgan fingerprint density at radius 2 is 1.71 bits per heavy atom. The zero-order chi connectivity index (χ0) is 20.3. The van der Waals surface area contributed by atoms with Gasteiger partial charge in [0.05, 0.1) is 31.0 Å². The molecular formula is C21H24N2O4S. The van der Waals surface area contributed by atoms with Crippen LogP contribution >= 0.6 is 11.3 Å². The number of carbonyl (C=O) groups excluding carboxylic acids is 1. The fourth-order valence-electron chi connectivity index (χ4n) is 3.15. The molecule has 0 saturated heterocycles. The minimum atomic E-state index is -0.343. The predicted molar refractivity (Wildman–Crippen MR) is 111 cm³/mol. The number of ether oxygens (including phenoxy) is 3. The van der Waals surface area contributed by atoms with Gasteiger partial charge in [0.2, 0.25) is 0 Å². The van der Waals surface area contributed by atoms with Crippen LogP contribution in [0.3, 0.4) is 0 Å². The van der Waals surface area contributed by atoms with Crippen LogP contribution in [0.2, 0.25) is 0 Å². The molecule has 0 aliphatic rings. The Labute approximate surface area is 168 Å². The zero-order valence-electron chi connectivity index (χ0n) is 16.7. The number of nitrogens with zero attached hydrogens (tertiary/aromatic N) is 2. The van der Waals surface area contributed by atoms with E-state index in [1.54, 1.807) is 39.5 Å². The number of carbonyl (C=O) groups is 1. The number of hydrogen-bond donors (Lipinski definition) is 0. The summed E-state index contributed by atoms with van der Waals surface area (Å²) >= 11 is 1.50. The van der Waals surface area contributed by atoms with Crippen LogP contribution in [0.5, 0.6) is 11.5 Å². The Hall–Kier alpha value is -2.64. The minimum Gasteiger partial charge on any atom is -0.497 e. The molecule has 28 heavy (non-hydrogen) atoms. The third kappa shape index (κ3) is 4.10. The van der Waals surface area contributed by atoms with Gasteiger partial charge in [0, 0.05) is 25.3 Å². The molecule has 0 N–H and O–H groups in total. The number of methoxy groups -OCH3 is 3. The predicted octanol–water partition coefficient (Wildman–Crippen LogP) is 3.72. The number of hydrogen-bond acceptors (Lipinski definition) is 5. The van der Waals surface area contributed by atoms with Crippen LogP contribution in [0.15, 0.2) is 35.3 Å². The maximum atomic E-state index is 12.9. The molecule has 0 fully saturated rings. The summed E-state index contributed by atoms with van der Waals surface area (Å²) in [5, 5.41) is 0. The Morgan fingerprint density at radius 1 is 1.04 bits per heavy atom. The van der Waals surface area contributed by atoms with Gasteiger partial charge in [-0.1, -0.05) is 17.4 Å². The lowest BCUT2D eigenvalue weighted by molar-refractivity contribution is 0.0996. The molecule has 1 aromatic heterocycles. The average Bonchev–Trinajstić information content (AvgIpc) is 3.02. The summed E-state index contributed by atoms with van der Waals surface area (Å²) in [5.41, 5.74) is 3.84. The average molecular weight is 401 g/mol. The third-order valence-electron chi connectivity index (χ3n) is 4.43. The van der Waals surface area contributed by atoms with Crippen molar-refractivity contribution in [2.45, 2.75) is 20.4 Å². The van der Waals surface area contributed by atoms with Crippen molar-refractivity contribution in [1.29, 1.82) is 0 Å². The lowest BCUT2D eigenvalue weighted by Gasteiger charge is -2.08. The molecule has 0 bridgehead atoms. The Bertz CT molecular complexity index is 1060. The van der Waals surface area contributed by atoms with Crippen molar-refractivity contribution in [3.05, 3.63) is 51.8 Å². The number of aromatic nitrogens is 1. The molecule has 3 aromatic rings. The molecule has 0 aliphatic heterocycles. The highest BCUT2D eigenvalue weighted by Gasteiger charge is 2.13. The van der Waals surface area contributed by atoms with Gasteiger partial charge in [0.25, 0.3) is 5.91 Å². The molecule has 148 valence electrons. The number of thiazole rings is 1. The van der Waals surface area contributed by atoms with Gasteiger partial charge in [0.15, 0.2) is 4.80 Å². The Morgan fingerprint density at radius 3 is 2.32 bits per heavy atom. The molecule has 0 atom stereocenters. The molecule has 0 aliphatic carbocycles. The van der Waals surface area contributed by atoms with E-state index in [0.29, 0.717) is 35.0 Å². The number of fused-ring (bicyclic) bond motifs is 1. The van der Waals surface area contributed by atoms with E-state index in [2.05, 4.69) is 31.0 Å². The van der Waals surface area contributed by atoms with E-state index in [-0.39, 0.29) is 5.91 Å². The maximum Gasteiger partial charge on any atom is 0.279 e. The van der Waals surface area contributed by atoms with Gasteiger partial charge in [-0.25, -0.2) is 0 Å². The van der Waals surface area contributed by atoms with Crippen molar-refractivity contribution in [2.24, 2.45) is 4.99 Å². The van der Waals surface area contributed by atoms with Crippen molar-refractivity contribution < 1.29 is 19.0 Å². The second kappa shape index (κ2) is 8.58. The van der Waals surface area contributed by atoms with E-state index in [1.165, 1.54) is 16.9 Å². The summed E-state index contributed by atoms with van der Waals surface area (Å²) in [6.07, 6.45) is 0. The van der Waals surface area contributed by atoms with E-state index < -0.39 is 0 Å². The van der Waals surface area contributed by atoms with E-state index >= 15 is 0 Å².